The predicted molar refractivity (Wildman–Crippen MR) is 66.9 cm³/mol. The summed E-state index contributed by atoms with van der Waals surface area (Å²) in [6.07, 6.45) is 4.46. The van der Waals surface area contributed by atoms with Crippen LogP contribution in [0.25, 0.3) is 0 Å². The van der Waals surface area contributed by atoms with Crippen LogP contribution in [-0.4, -0.2) is 15.6 Å². The number of thioether (sulfide) groups is 2. The lowest BCUT2D eigenvalue weighted by molar-refractivity contribution is 0.149. The summed E-state index contributed by atoms with van der Waals surface area (Å²) in [7, 11) is 0. The van der Waals surface area contributed by atoms with Gasteiger partial charge in [0.25, 0.3) is 0 Å². The molecule has 0 aromatic carbocycles. The SMILES string of the molecule is CC1(C)[C@H]2CC[C@]1(C)C1(C2)SCCS1. The lowest BCUT2D eigenvalue weighted by atomic mass is 9.70. The molecule has 14 heavy (non-hydrogen) atoms. The summed E-state index contributed by atoms with van der Waals surface area (Å²) in [6, 6.07) is 0. The summed E-state index contributed by atoms with van der Waals surface area (Å²) in [6.45, 7) is 7.63. The van der Waals surface area contributed by atoms with Gasteiger partial charge in [-0.15, -0.1) is 23.5 Å². The molecule has 1 spiro atoms. The van der Waals surface area contributed by atoms with Crippen molar-refractivity contribution in [3.63, 3.8) is 0 Å². The fourth-order valence-electron chi connectivity index (χ4n) is 4.08. The van der Waals surface area contributed by atoms with Gasteiger partial charge in [-0.05, 0) is 36.0 Å². The van der Waals surface area contributed by atoms with E-state index in [1.807, 2.05) is 0 Å². The average Bonchev–Trinajstić information content (AvgIpc) is 2.70. The molecule has 0 aromatic heterocycles. The maximum Gasteiger partial charge on any atom is 0.0672 e. The van der Waals surface area contributed by atoms with E-state index in [1.54, 1.807) is 0 Å². The fourth-order valence-corrected chi connectivity index (χ4v) is 8.24. The van der Waals surface area contributed by atoms with Crippen molar-refractivity contribution in [1.82, 2.24) is 0 Å². The third kappa shape index (κ3) is 0.870. The summed E-state index contributed by atoms with van der Waals surface area (Å²) in [5.74, 6) is 3.79. The summed E-state index contributed by atoms with van der Waals surface area (Å²) in [4.78, 5) is 0. The predicted octanol–water partition coefficient (Wildman–Crippen LogP) is 4.01. The van der Waals surface area contributed by atoms with Crippen LogP contribution in [0.1, 0.15) is 40.0 Å². The topological polar surface area (TPSA) is 0 Å². The van der Waals surface area contributed by atoms with E-state index in [1.165, 1.54) is 30.8 Å². The smallest absolute Gasteiger partial charge is 0.0672 e. The Hall–Kier alpha value is 0.700. The van der Waals surface area contributed by atoms with E-state index in [4.69, 9.17) is 0 Å². The molecule has 80 valence electrons. The maximum atomic E-state index is 2.57. The Labute approximate surface area is 96.0 Å². The average molecular weight is 228 g/mol. The van der Waals surface area contributed by atoms with E-state index in [0.29, 0.717) is 14.9 Å². The molecule has 2 saturated carbocycles. The highest BCUT2D eigenvalue weighted by Crippen LogP contribution is 2.77. The van der Waals surface area contributed by atoms with Gasteiger partial charge < -0.3 is 0 Å². The van der Waals surface area contributed by atoms with Crippen molar-refractivity contribution in [1.29, 1.82) is 0 Å². The van der Waals surface area contributed by atoms with Gasteiger partial charge in [-0.3, -0.25) is 0 Å². The zero-order valence-corrected chi connectivity index (χ0v) is 11.1. The molecule has 2 bridgehead atoms. The quantitative estimate of drug-likeness (QED) is 0.614. The second-order valence-corrected chi connectivity index (χ2v) is 8.99. The van der Waals surface area contributed by atoms with Crippen LogP contribution in [0, 0.1) is 16.7 Å². The monoisotopic (exact) mass is 228 g/mol. The van der Waals surface area contributed by atoms with E-state index in [9.17, 15) is 0 Å². The molecule has 0 amide bonds. The molecular weight excluding hydrogens is 208 g/mol. The van der Waals surface area contributed by atoms with Gasteiger partial charge in [0, 0.05) is 11.5 Å². The Bertz CT molecular complexity index is 265. The van der Waals surface area contributed by atoms with Gasteiger partial charge in [0.15, 0.2) is 0 Å². The molecular formula is C12H20S2. The van der Waals surface area contributed by atoms with Gasteiger partial charge in [-0.2, -0.15) is 0 Å². The van der Waals surface area contributed by atoms with E-state index in [-0.39, 0.29) is 0 Å². The van der Waals surface area contributed by atoms with Gasteiger partial charge in [-0.1, -0.05) is 20.8 Å². The first-order valence-corrected chi connectivity index (χ1v) is 7.77. The molecule has 2 atom stereocenters. The minimum Gasteiger partial charge on any atom is -0.143 e. The fraction of sp³-hybridized carbons (Fsp3) is 1.00. The highest BCUT2D eigenvalue weighted by atomic mass is 32.2. The van der Waals surface area contributed by atoms with Crippen LogP contribution in [0.3, 0.4) is 0 Å². The first-order valence-electron chi connectivity index (χ1n) is 5.80. The van der Waals surface area contributed by atoms with Crippen LogP contribution in [-0.2, 0) is 0 Å². The summed E-state index contributed by atoms with van der Waals surface area (Å²) in [5, 5.41) is 0. The van der Waals surface area contributed by atoms with Crippen LogP contribution in [0.5, 0.6) is 0 Å². The summed E-state index contributed by atoms with van der Waals surface area (Å²) < 4.78 is 0.611. The van der Waals surface area contributed by atoms with Crippen molar-refractivity contribution in [2.24, 2.45) is 16.7 Å². The molecule has 3 fully saturated rings. The van der Waals surface area contributed by atoms with Crippen molar-refractivity contribution in [3.8, 4) is 0 Å². The Morgan fingerprint density at radius 1 is 1.07 bits per heavy atom. The zero-order valence-electron chi connectivity index (χ0n) is 9.43. The lowest BCUT2D eigenvalue weighted by Crippen LogP contribution is -2.40. The molecule has 0 unspecified atom stereocenters. The van der Waals surface area contributed by atoms with Crippen molar-refractivity contribution in [2.75, 3.05) is 11.5 Å². The molecule has 3 rings (SSSR count). The van der Waals surface area contributed by atoms with Crippen molar-refractivity contribution in [3.05, 3.63) is 0 Å². The van der Waals surface area contributed by atoms with E-state index in [2.05, 4.69) is 44.3 Å². The largest absolute Gasteiger partial charge is 0.143 e. The first-order chi connectivity index (χ1) is 6.52. The molecule has 1 saturated heterocycles. The Balaban J connectivity index is 2.06. The molecule has 0 N–H and O–H groups in total. The standard InChI is InChI=1S/C12H20S2/c1-10(2)9-4-5-11(10,3)12(8-9)13-6-7-14-12/h9H,4-8H2,1-3H3/t9-,11-/m0/s1. The van der Waals surface area contributed by atoms with Crippen molar-refractivity contribution < 1.29 is 0 Å². The second-order valence-electron chi connectivity index (χ2n) is 5.94. The zero-order chi connectivity index (χ0) is 10.0. The molecule has 2 heteroatoms. The maximum absolute atomic E-state index is 2.57. The molecule has 0 nitrogen and oxygen atoms in total. The number of fused-ring (bicyclic) bond motifs is 3. The van der Waals surface area contributed by atoms with Gasteiger partial charge in [-0.25, -0.2) is 0 Å². The van der Waals surface area contributed by atoms with Crippen LogP contribution in [0.15, 0.2) is 0 Å². The van der Waals surface area contributed by atoms with Crippen LogP contribution >= 0.6 is 23.5 Å². The van der Waals surface area contributed by atoms with Gasteiger partial charge >= 0.3 is 0 Å². The number of rotatable bonds is 0. The van der Waals surface area contributed by atoms with E-state index < -0.39 is 0 Å². The third-order valence-electron chi connectivity index (χ3n) is 5.55. The molecule has 0 aromatic rings. The molecule has 2 aliphatic carbocycles. The van der Waals surface area contributed by atoms with Crippen LogP contribution in [0.4, 0.5) is 0 Å². The minimum atomic E-state index is 0.595. The highest BCUT2D eigenvalue weighted by Gasteiger charge is 2.69. The van der Waals surface area contributed by atoms with Crippen LogP contribution in [0.2, 0.25) is 0 Å². The lowest BCUT2D eigenvalue weighted by Gasteiger charge is -2.45. The summed E-state index contributed by atoms with van der Waals surface area (Å²) in [5.41, 5.74) is 1.20. The Kier molecular flexibility index (Phi) is 1.90. The number of hydrogen-bond donors (Lipinski definition) is 0. The number of hydrogen-bond acceptors (Lipinski definition) is 2. The first kappa shape index (κ1) is 9.89. The van der Waals surface area contributed by atoms with E-state index in [0.717, 1.165) is 5.92 Å². The highest BCUT2D eigenvalue weighted by molar-refractivity contribution is 8.21. The Morgan fingerprint density at radius 2 is 1.71 bits per heavy atom. The normalized spacial score (nSPS) is 47.8. The van der Waals surface area contributed by atoms with Gasteiger partial charge in [0.1, 0.15) is 0 Å². The molecule has 1 aliphatic heterocycles. The minimum absolute atomic E-state index is 0.595. The summed E-state index contributed by atoms with van der Waals surface area (Å²) >= 11 is 4.56. The third-order valence-corrected chi connectivity index (χ3v) is 9.49. The molecule has 0 radical (unpaired) electrons. The second kappa shape index (κ2) is 2.68. The van der Waals surface area contributed by atoms with Crippen molar-refractivity contribution >= 4 is 23.5 Å². The van der Waals surface area contributed by atoms with E-state index >= 15 is 0 Å². The van der Waals surface area contributed by atoms with Gasteiger partial charge in [0.2, 0.25) is 0 Å². The van der Waals surface area contributed by atoms with Crippen LogP contribution < -0.4 is 0 Å². The molecule has 3 aliphatic rings. The molecule has 1 heterocycles. The Morgan fingerprint density at radius 3 is 2.14 bits per heavy atom. The van der Waals surface area contributed by atoms with Gasteiger partial charge in [0.05, 0.1) is 4.08 Å². The van der Waals surface area contributed by atoms with Crippen molar-refractivity contribution in [2.45, 2.75) is 44.1 Å².